The molecule has 0 unspecified atom stereocenters. The van der Waals surface area contributed by atoms with Crippen molar-refractivity contribution in [3.05, 3.63) is 60.7 Å². The second kappa shape index (κ2) is 11.3. The molecule has 0 spiro atoms. The van der Waals surface area contributed by atoms with Crippen LogP contribution in [0.15, 0.2) is 43.9 Å². The summed E-state index contributed by atoms with van der Waals surface area (Å²) in [4.78, 5) is 66.3. The number of primary amides is 1. The maximum atomic E-state index is 12.9. The molecule has 0 bridgehead atoms. The minimum atomic E-state index is -1.90. The molecule has 8 atom stereocenters. The monoisotopic (exact) mass is 613 g/mol. The lowest BCUT2D eigenvalue weighted by atomic mass is 9.94. The van der Waals surface area contributed by atoms with Crippen LogP contribution in [0.5, 0.6) is 0 Å². The van der Waals surface area contributed by atoms with E-state index in [-0.39, 0.29) is 5.69 Å². The van der Waals surface area contributed by atoms with Gasteiger partial charge >= 0.3 is 5.69 Å². The van der Waals surface area contributed by atoms with Crippen molar-refractivity contribution >= 4 is 38.2 Å². The van der Waals surface area contributed by atoms with Crippen molar-refractivity contribution in [3.8, 4) is 10.6 Å². The average Bonchev–Trinajstić information content (AvgIpc) is 3.58. The standard InChI is InChI=1S/C22H23N5O12S2/c23-17(33)15(14-6(4-28)12(31)20(38-14)27-2-1-10(30)25-22(27)36)39-21-13(32)8(29)3-9(37-21)18(34)26-11-16-7(5-40-41-16)24-19(11)35/h1-3,5-6,8,12-15,20-21,28-29,31-32H,4H2,(H2,23,33)(H,24,35)(H,26,34)(H,25,30,36)/t6-,8-,12+,13-,14-,15+,20+,21+/m0/s1. The van der Waals surface area contributed by atoms with E-state index in [4.69, 9.17) is 19.9 Å². The molecule has 1 saturated heterocycles. The smallest absolute Gasteiger partial charge is 0.330 e. The number of nitrogens with one attached hydrogen (secondary N) is 3. The fourth-order valence-electron chi connectivity index (χ4n) is 4.51. The van der Waals surface area contributed by atoms with Gasteiger partial charge in [-0.15, -0.1) is 0 Å². The van der Waals surface area contributed by atoms with Gasteiger partial charge in [-0.05, 0) is 6.08 Å². The number of aliphatic hydroxyl groups excluding tert-OH is 4. The molecule has 2 amide bonds. The molecule has 0 saturated carbocycles. The second-order valence-corrected chi connectivity index (χ2v) is 11.2. The number of rotatable bonds is 8. The molecular weight excluding hydrogens is 590 g/mol. The van der Waals surface area contributed by atoms with Crippen LogP contribution in [0.2, 0.25) is 0 Å². The Bertz CT molecular complexity index is 1620. The first kappa shape index (κ1) is 28.8. The van der Waals surface area contributed by atoms with Gasteiger partial charge in [0.1, 0.15) is 30.1 Å². The number of H-pyrrole nitrogens is 2. The van der Waals surface area contributed by atoms with E-state index in [1.807, 2.05) is 4.98 Å². The predicted octanol–water partition coefficient (Wildman–Crippen LogP) is -3.21. The topological polar surface area (TPSA) is 269 Å². The zero-order valence-electron chi connectivity index (χ0n) is 20.5. The summed E-state index contributed by atoms with van der Waals surface area (Å²) in [7, 11) is 2.55. The zero-order chi connectivity index (χ0) is 29.6. The lowest BCUT2D eigenvalue weighted by molar-refractivity contribution is -0.239. The van der Waals surface area contributed by atoms with Gasteiger partial charge in [-0.25, -0.2) is 4.79 Å². The zero-order valence-corrected chi connectivity index (χ0v) is 22.2. The summed E-state index contributed by atoms with van der Waals surface area (Å²) in [5.41, 5.74) is 3.71. The van der Waals surface area contributed by atoms with Gasteiger partial charge in [-0.1, -0.05) is 20.7 Å². The number of aromatic amines is 2. The van der Waals surface area contributed by atoms with Gasteiger partial charge < -0.3 is 50.7 Å². The number of ether oxygens (including phenoxy) is 3. The number of fused-ring (bicyclic) bond motifs is 1. The van der Waals surface area contributed by atoms with Crippen LogP contribution in [-0.4, -0.2) is 90.2 Å². The molecule has 1 aromatic rings. The van der Waals surface area contributed by atoms with Gasteiger partial charge in [0.25, 0.3) is 17.0 Å². The number of nitrogens with two attached hydrogens (primary N) is 1. The van der Waals surface area contributed by atoms with E-state index < -0.39 is 89.9 Å². The molecule has 220 valence electrons. The normalized spacial score (nSPS) is 28.7. The Kier molecular flexibility index (Phi) is 7.94. The highest BCUT2D eigenvalue weighted by atomic mass is 32.9. The Balaban J connectivity index is 1.36. The van der Waals surface area contributed by atoms with E-state index >= 15 is 0 Å². The highest BCUT2D eigenvalue weighted by molar-refractivity contribution is 7.70. The molecule has 0 radical (unpaired) electrons. The first-order valence-corrected chi connectivity index (χ1v) is 14.1. The van der Waals surface area contributed by atoms with E-state index in [9.17, 15) is 44.4 Å². The molecule has 0 aromatic carbocycles. The Morgan fingerprint density at radius 2 is 1.95 bits per heavy atom. The van der Waals surface area contributed by atoms with E-state index in [1.54, 1.807) is 5.38 Å². The molecule has 1 aromatic heterocycles. The first-order chi connectivity index (χ1) is 19.5. The summed E-state index contributed by atoms with van der Waals surface area (Å²) >= 11 is 0. The molecule has 4 aliphatic rings. The van der Waals surface area contributed by atoms with Gasteiger partial charge in [0.2, 0.25) is 12.2 Å². The fourth-order valence-corrected chi connectivity index (χ4v) is 6.67. The van der Waals surface area contributed by atoms with Crippen LogP contribution in [0.25, 0.3) is 10.6 Å². The molecule has 19 heteroatoms. The summed E-state index contributed by atoms with van der Waals surface area (Å²) in [5, 5.41) is 45.6. The number of anilines is 1. The summed E-state index contributed by atoms with van der Waals surface area (Å²) in [6.07, 6.45) is -10.0. The predicted molar refractivity (Wildman–Crippen MR) is 139 cm³/mol. The number of carbonyl (C=O) groups excluding carboxylic acids is 2. The Morgan fingerprint density at radius 1 is 1.20 bits per heavy atom. The molecule has 4 aliphatic heterocycles. The van der Waals surface area contributed by atoms with Crippen molar-refractivity contribution in [2.45, 2.75) is 43.0 Å². The van der Waals surface area contributed by atoms with Gasteiger partial charge in [-0.2, -0.15) is 0 Å². The Labute approximate surface area is 234 Å². The first-order valence-electron chi connectivity index (χ1n) is 11.9. The molecule has 17 nitrogen and oxygen atoms in total. The van der Waals surface area contributed by atoms with Crippen molar-refractivity contribution in [1.82, 2.24) is 14.5 Å². The minimum Gasteiger partial charge on any atom is -0.456 e. The van der Waals surface area contributed by atoms with E-state index in [1.165, 1.54) is 20.7 Å². The van der Waals surface area contributed by atoms with Gasteiger partial charge in [-0.3, -0.25) is 28.7 Å². The second-order valence-electron chi connectivity index (χ2n) is 9.13. The maximum Gasteiger partial charge on any atom is 0.330 e. The summed E-state index contributed by atoms with van der Waals surface area (Å²) < 4.78 is 17.5. The van der Waals surface area contributed by atoms with Gasteiger partial charge in [0.15, 0.2) is 18.1 Å². The SMILES string of the molecule is NC(=O)[C@H](O[C@H]1OC(C(=O)Nc2c3sscc-3[nH]c2=O)=C[C@H](O)[C@@H]1O)[C@H]1O[C@@H](n2ccc(=O)[nH]c2=O)[C@H](O)[C@@H]1CO. The number of amides is 2. The number of hydrogen-bond donors (Lipinski definition) is 8. The van der Waals surface area contributed by atoms with E-state index in [0.717, 1.165) is 22.9 Å². The van der Waals surface area contributed by atoms with Crippen molar-refractivity contribution in [2.75, 3.05) is 11.9 Å². The molecular formula is C22H23N5O12S2. The lowest BCUT2D eigenvalue weighted by Crippen LogP contribution is -2.53. The summed E-state index contributed by atoms with van der Waals surface area (Å²) in [6, 6.07) is 0.987. The molecule has 9 N–H and O–H groups in total. The average molecular weight is 614 g/mol. The molecule has 5 rings (SSSR count). The highest BCUT2D eigenvalue weighted by Crippen LogP contribution is 2.37. The van der Waals surface area contributed by atoms with Gasteiger partial charge in [0, 0.05) is 23.6 Å². The van der Waals surface area contributed by atoms with E-state index in [2.05, 4.69) is 10.3 Å². The molecule has 5 heterocycles. The summed E-state index contributed by atoms with van der Waals surface area (Å²) in [5.74, 6) is -4.01. The van der Waals surface area contributed by atoms with Gasteiger partial charge in [0.05, 0.1) is 17.2 Å². The highest BCUT2D eigenvalue weighted by Gasteiger charge is 2.51. The number of hydrogen-bond acceptors (Lipinski definition) is 14. The van der Waals surface area contributed by atoms with Crippen LogP contribution in [0.3, 0.4) is 0 Å². The minimum absolute atomic E-state index is 0.0588. The van der Waals surface area contributed by atoms with Crippen molar-refractivity contribution in [1.29, 1.82) is 0 Å². The van der Waals surface area contributed by atoms with Crippen LogP contribution in [0.1, 0.15) is 6.23 Å². The molecule has 1 fully saturated rings. The van der Waals surface area contributed by atoms with E-state index in [0.29, 0.717) is 10.6 Å². The molecule has 41 heavy (non-hydrogen) atoms. The molecule has 0 aliphatic carbocycles. The maximum absolute atomic E-state index is 12.9. The van der Waals surface area contributed by atoms with Crippen molar-refractivity contribution in [2.24, 2.45) is 11.7 Å². The van der Waals surface area contributed by atoms with Crippen LogP contribution in [0.4, 0.5) is 5.69 Å². The fraction of sp³-hybridized carbons (Fsp3) is 0.409. The third-order valence-electron chi connectivity index (χ3n) is 6.55. The quantitative estimate of drug-likeness (QED) is 0.117. The van der Waals surface area contributed by atoms with Crippen LogP contribution in [-0.2, 0) is 23.8 Å². The number of aromatic nitrogens is 3. The van der Waals surface area contributed by atoms with Crippen molar-refractivity contribution < 1.29 is 44.2 Å². The third kappa shape index (κ3) is 5.36. The number of aliphatic hydroxyl groups is 4. The number of carbonyl (C=O) groups is 2. The van der Waals surface area contributed by atoms with Crippen LogP contribution < -0.4 is 27.9 Å². The Morgan fingerprint density at radius 3 is 2.63 bits per heavy atom. The number of nitrogens with zero attached hydrogens (tertiary/aromatic N) is 1. The van der Waals surface area contributed by atoms with Crippen molar-refractivity contribution in [3.63, 3.8) is 0 Å². The third-order valence-corrected chi connectivity index (χ3v) is 8.64. The van der Waals surface area contributed by atoms with Crippen LogP contribution in [0, 0.1) is 5.92 Å². The Hall–Kier alpha value is -3.69. The van der Waals surface area contributed by atoms with Crippen LogP contribution >= 0.6 is 20.7 Å². The summed E-state index contributed by atoms with van der Waals surface area (Å²) in [6.45, 7) is -0.774. The lowest BCUT2D eigenvalue weighted by Gasteiger charge is -2.35. The largest absolute Gasteiger partial charge is 0.456 e.